The number of rotatable bonds is 6. The number of para-hydroxylation sites is 2. The molecule has 1 fully saturated rings. The van der Waals surface area contributed by atoms with Crippen LogP contribution in [0.15, 0.2) is 59.5 Å². The van der Waals surface area contributed by atoms with E-state index < -0.39 is 0 Å². The molecule has 1 saturated heterocycles. The number of aromatic nitrogens is 2. The summed E-state index contributed by atoms with van der Waals surface area (Å²) in [6.07, 6.45) is 3.51. The Balaban J connectivity index is 1.25. The fraction of sp³-hybridized carbons (Fsp3) is 0.364. The van der Waals surface area contributed by atoms with Crippen LogP contribution in [0.25, 0.3) is 11.0 Å². The molecule has 0 spiro atoms. The van der Waals surface area contributed by atoms with E-state index in [1.165, 1.54) is 11.9 Å². The maximum absolute atomic E-state index is 12.2. The van der Waals surface area contributed by atoms with Crippen molar-refractivity contribution in [2.45, 2.75) is 19.4 Å². The third-order valence-electron chi connectivity index (χ3n) is 5.42. The van der Waals surface area contributed by atoms with Crippen LogP contribution >= 0.6 is 11.6 Å². The predicted octanol–water partition coefficient (Wildman–Crippen LogP) is 3.65. The molecule has 1 aromatic heterocycles. The van der Waals surface area contributed by atoms with E-state index in [-0.39, 0.29) is 5.56 Å². The molecule has 4 rings (SSSR count). The lowest BCUT2D eigenvalue weighted by atomic mass is 10.2. The summed E-state index contributed by atoms with van der Waals surface area (Å²) in [6, 6.07) is 15.9. The Hall–Kier alpha value is -2.37. The van der Waals surface area contributed by atoms with Crippen LogP contribution < -0.4 is 10.5 Å². The van der Waals surface area contributed by atoms with Gasteiger partial charge in [0.1, 0.15) is 0 Å². The second-order valence-electron chi connectivity index (χ2n) is 7.25. The summed E-state index contributed by atoms with van der Waals surface area (Å²) >= 11 is 5.98. The van der Waals surface area contributed by atoms with Crippen molar-refractivity contribution in [3.8, 4) is 0 Å². The number of benzene rings is 2. The molecule has 2 aromatic carbocycles. The van der Waals surface area contributed by atoms with E-state index in [0.29, 0.717) is 0 Å². The predicted molar refractivity (Wildman–Crippen MR) is 115 cm³/mol. The van der Waals surface area contributed by atoms with Gasteiger partial charge in [-0.05, 0) is 55.8 Å². The lowest BCUT2D eigenvalue weighted by molar-refractivity contribution is 0.251. The highest BCUT2D eigenvalue weighted by Crippen LogP contribution is 2.19. The molecule has 0 amide bonds. The summed E-state index contributed by atoms with van der Waals surface area (Å²) in [4.78, 5) is 21.3. The third kappa shape index (κ3) is 4.37. The van der Waals surface area contributed by atoms with Crippen LogP contribution in [0.3, 0.4) is 0 Å². The van der Waals surface area contributed by atoms with Crippen LogP contribution in [-0.4, -0.2) is 47.2 Å². The Morgan fingerprint density at radius 3 is 2.39 bits per heavy atom. The first kappa shape index (κ1) is 19.0. The molecule has 1 aliphatic rings. The van der Waals surface area contributed by atoms with Crippen molar-refractivity contribution < 1.29 is 0 Å². The number of fused-ring (bicyclic) bond motifs is 1. The quantitative estimate of drug-likeness (QED) is 0.596. The van der Waals surface area contributed by atoms with E-state index in [9.17, 15) is 4.79 Å². The topological polar surface area (TPSA) is 41.4 Å². The Kier molecular flexibility index (Phi) is 5.93. The highest BCUT2D eigenvalue weighted by Gasteiger charge is 2.16. The summed E-state index contributed by atoms with van der Waals surface area (Å²) in [7, 11) is 0. The number of halogens is 1. The zero-order valence-corrected chi connectivity index (χ0v) is 16.7. The smallest absolute Gasteiger partial charge is 0.269 e. The molecule has 0 bridgehead atoms. The van der Waals surface area contributed by atoms with Crippen molar-refractivity contribution in [2.24, 2.45) is 0 Å². The minimum absolute atomic E-state index is 0.0183. The van der Waals surface area contributed by atoms with Crippen LogP contribution in [0, 0.1) is 0 Å². The van der Waals surface area contributed by atoms with E-state index in [1.807, 2.05) is 41.0 Å². The van der Waals surface area contributed by atoms with Gasteiger partial charge in [0.05, 0.1) is 17.2 Å². The molecule has 0 N–H and O–H groups in total. The average molecular weight is 397 g/mol. The van der Waals surface area contributed by atoms with Crippen molar-refractivity contribution in [3.05, 3.63) is 70.1 Å². The van der Waals surface area contributed by atoms with Gasteiger partial charge in [0.25, 0.3) is 5.56 Å². The number of aryl methyl sites for hydroxylation is 1. The van der Waals surface area contributed by atoms with Gasteiger partial charge in [0, 0.05) is 43.4 Å². The van der Waals surface area contributed by atoms with E-state index in [1.54, 1.807) is 0 Å². The normalized spacial score (nSPS) is 15.2. The molecule has 146 valence electrons. The van der Waals surface area contributed by atoms with Gasteiger partial charge in [-0.15, -0.1) is 0 Å². The van der Waals surface area contributed by atoms with Crippen molar-refractivity contribution >= 4 is 28.3 Å². The van der Waals surface area contributed by atoms with E-state index in [0.717, 1.165) is 68.2 Å². The largest absolute Gasteiger partial charge is 0.369 e. The highest BCUT2D eigenvalue weighted by atomic mass is 35.5. The number of unbranched alkanes of at least 4 members (excludes halogenated alkanes) is 1. The summed E-state index contributed by atoms with van der Waals surface area (Å²) < 4.78 is 1.85. The Bertz CT molecular complexity index is 978. The molecule has 2 heterocycles. The van der Waals surface area contributed by atoms with Gasteiger partial charge in [-0.1, -0.05) is 23.7 Å². The average Bonchev–Trinajstić information content (AvgIpc) is 2.73. The van der Waals surface area contributed by atoms with E-state index in [2.05, 4.69) is 26.9 Å². The third-order valence-corrected chi connectivity index (χ3v) is 5.67. The standard InChI is InChI=1S/C22H25ClN4O/c23-18-7-9-19(10-8-18)26-15-13-25(14-16-26)11-3-4-12-27-21-6-2-1-5-20(21)24-17-22(27)28/h1-2,5-10,17H,3-4,11-16H2. The fourth-order valence-electron chi connectivity index (χ4n) is 3.83. The molecular weight excluding hydrogens is 372 g/mol. The van der Waals surface area contributed by atoms with Gasteiger partial charge in [-0.25, -0.2) is 4.98 Å². The van der Waals surface area contributed by atoms with Gasteiger partial charge in [0.2, 0.25) is 0 Å². The van der Waals surface area contributed by atoms with Gasteiger partial charge in [0.15, 0.2) is 0 Å². The summed E-state index contributed by atoms with van der Waals surface area (Å²) in [5, 5.41) is 0.781. The van der Waals surface area contributed by atoms with Crippen molar-refractivity contribution in [1.29, 1.82) is 0 Å². The van der Waals surface area contributed by atoms with Gasteiger partial charge < -0.3 is 9.47 Å². The van der Waals surface area contributed by atoms with Crippen molar-refractivity contribution in [3.63, 3.8) is 0 Å². The lowest BCUT2D eigenvalue weighted by Gasteiger charge is -2.36. The van der Waals surface area contributed by atoms with Crippen LogP contribution in [0.5, 0.6) is 0 Å². The van der Waals surface area contributed by atoms with Crippen molar-refractivity contribution in [1.82, 2.24) is 14.5 Å². The molecule has 3 aromatic rings. The molecule has 28 heavy (non-hydrogen) atoms. The Morgan fingerprint density at radius 1 is 0.893 bits per heavy atom. The first-order chi connectivity index (χ1) is 13.7. The summed E-state index contributed by atoms with van der Waals surface area (Å²) in [5.74, 6) is 0. The minimum Gasteiger partial charge on any atom is -0.369 e. The monoisotopic (exact) mass is 396 g/mol. The summed E-state index contributed by atoms with van der Waals surface area (Å²) in [5.41, 5.74) is 3.02. The highest BCUT2D eigenvalue weighted by molar-refractivity contribution is 6.30. The maximum atomic E-state index is 12.2. The van der Waals surface area contributed by atoms with E-state index >= 15 is 0 Å². The van der Waals surface area contributed by atoms with Gasteiger partial charge >= 0.3 is 0 Å². The zero-order valence-electron chi connectivity index (χ0n) is 15.9. The number of hydrogen-bond donors (Lipinski definition) is 0. The number of hydrogen-bond acceptors (Lipinski definition) is 4. The van der Waals surface area contributed by atoms with Crippen LogP contribution in [0.4, 0.5) is 5.69 Å². The van der Waals surface area contributed by atoms with Crippen LogP contribution in [0.2, 0.25) is 5.02 Å². The first-order valence-corrected chi connectivity index (χ1v) is 10.3. The van der Waals surface area contributed by atoms with Crippen LogP contribution in [-0.2, 0) is 6.54 Å². The number of piperazine rings is 1. The fourth-order valence-corrected chi connectivity index (χ4v) is 3.96. The molecule has 0 saturated carbocycles. The number of nitrogens with zero attached hydrogens (tertiary/aromatic N) is 4. The summed E-state index contributed by atoms with van der Waals surface area (Å²) in [6.45, 7) is 6.03. The zero-order chi connectivity index (χ0) is 19.3. The number of anilines is 1. The minimum atomic E-state index is -0.0183. The molecule has 5 nitrogen and oxygen atoms in total. The molecule has 0 radical (unpaired) electrons. The van der Waals surface area contributed by atoms with E-state index in [4.69, 9.17) is 11.6 Å². The van der Waals surface area contributed by atoms with Gasteiger partial charge in [-0.3, -0.25) is 9.69 Å². The molecule has 0 unspecified atom stereocenters. The molecule has 1 aliphatic heterocycles. The maximum Gasteiger partial charge on any atom is 0.269 e. The molecular formula is C22H25ClN4O. The second kappa shape index (κ2) is 8.76. The van der Waals surface area contributed by atoms with Crippen molar-refractivity contribution in [2.75, 3.05) is 37.6 Å². The molecule has 0 aliphatic carbocycles. The Labute approximate surface area is 170 Å². The molecule has 0 atom stereocenters. The van der Waals surface area contributed by atoms with Crippen LogP contribution in [0.1, 0.15) is 12.8 Å². The SMILES string of the molecule is O=c1cnc2ccccc2n1CCCCN1CCN(c2ccc(Cl)cc2)CC1. The lowest BCUT2D eigenvalue weighted by Crippen LogP contribution is -2.46. The van der Waals surface area contributed by atoms with Gasteiger partial charge in [-0.2, -0.15) is 0 Å². The molecule has 6 heteroatoms. The first-order valence-electron chi connectivity index (χ1n) is 9.88. The second-order valence-corrected chi connectivity index (χ2v) is 7.69. The Morgan fingerprint density at radius 2 is 1.61 bits per heavy atom.